The van der Waals surface area contributed by atoms with Crippen molar-refractivity contribution in [2.75, 3.05) is 12.1 Å². The second-order valence-electron chi connectivity index (χ2n) is 4.67. The van der Waals surface area contributed by atoms with Crippen LogP contribution in [0.15, 0.2) is 52.9 Å². The number of hydrogen-bond donors (Lipinski definition) is 1. The third-order valence-electron chi connectivity index (χ3n) is 3.32. The Kier molecular flexibility index (Phi) is 2.52. The summed E-state index contributed by atoms with van der Waals surface area (Å²) in [6, 6.07) is 15.9. The van der Waals surface area contributed by atoms with Gasteiger partial charge in [0, 0.05) is 17.1 Å². The molecule has 0 saturated carbocycles. The minimum atomic E-state index is 0.294. The van der Waals surface area contributed by atoms with Crippen LogP contribution in [0.1, 0.15) is 5.76 Å². The molecule has 2 heterocycles. The van der Waals surface area contributed by atoms with E-state index in [1.165, 1.54) is 0 Å². The average Bonchev–Trinajstić information content (AvgIpc) is 3.10. The quantitative estimate of drug-likeness (QED) is 0.784. The number of furan rings is 1. The third kappa shape index (κ3) is 1.95. The molecule has 100 valence electrons. The molecule has 0 amide bonds. The number of benzene rings is 2. The highest BCUT2D eigenvalue weighted by Gasteiger charge is 2.13. The first-order valence-electron chi connectivity index (χ1n) is 6.49. The zero-order chi connectivity index (χ0) is 13.4. The number of ether oxygens (including phenoxy) is 2. The molecule has 0 unspecified atom stereocenters. The summed E-state index contributed by atoms with van der Waals surface area (Å²) in [4.78, 5) is 0. The largest absolute Gasteiger partial charge is 0.459 e. The number of hydrogen-bond acceptors (Lipinski definition) is 4. The normalized spacial score (nSPS) is 12.8. The highest BCUT2D eigenvalue weighted by atomic mass is 16.7. The van der Waals surface area contributed by atoms with Gasteiger partial charge < -0.3 is 19.2 Å². The van der Waals surface area contributed by atoms with E-state index in [1.807, 2.05) is 42.5 Å². The number of fused-ring (bicyclic) bond motifs is 2. The SMILES string of the molecule is c1ccc2oc(CNc3ccc4c(c3)OCO4)cc2c1. The fourth-order valence-corrected chi connectivity index (χ4v) is 2.32. The van der Waals surface area contributed by atoms with Crippen molar-refractivity contribution in [1.29, 1.82) is 0 Å². The summed E-state index contributed by atoms with van der Waals surface area (Å²) in [7, 11) is 0. The van der Waals surface area contributed by atoms with Crippen LogP contribution in [0, 0.1) is 0 Å². The first-order chi connectivity index (χ1) is 9.88. The van der Waals surface area contributed by atoms with Gasteiger partial charge in [0.15, 0.2) is 11.5 Å². The molecule has 1 aliphatic heterocycles. The van der Waals surface area contributed by atoms with E-state index in [2.05, 4.69) is 11.4 Å². The van der Waals surface area contributed by atoms with Crippen molar-refractivity contribution in [3.63, 3.8) is 0 Å². The van der Waals surface area contributed by atoms with Gasteiger partial charge in [-0.15, -0.1) is 0 Å². The molecule has 20 heavy (non-hydrogen) atoms. The molecule has 1 N–H and O–H groups in total. The molecule has 0 spiro atoms. The van der Waals surface area contributed by atoms with Gasteiger partial charge in [-0.3, -0.25) is 0 Å². The lowest BCUT2D eigenvalue weighted by Crippen LogP contribution is -1.97. The van der Waals surface area contributed by atoms with E-state index < -0.39 is 0 Å². The molecule has 2 aromatic carbocycles. The average molecular weight is 267 g/mol. The highest BCUT2D eigenvalue weighted by Crippen LogP contribution is 2.34. The molecular formula is C16H13NO3. The van der Waals surface area contributed by atoms with Crippen molar-refractivity contribution in [2.45, 2.75) is 6.54 Å². The Labute approximate surface area is 115 Å². The van der Waals surface area contributed by atoms with Gasteiger partial charge in [0.25, 0.3) is 0 Å². The number of rotatable bonds is 3. The van der Waals surface area contributed by atoms with E-state index in [1.54, 1.807) is 0 Å². The Morgan fingerprint density at radius 2 is 1.85 bits per heavy atom. The summed E-state index contributed by atoms with van der Waals surface area (Å²) in [6.07, 6.45) is 0. The first-order valence-corrected chi connectivity index (χ1v) is 6.49. The maximum Gasteiger partial charge on any atom is 0.231 e. The van der Waals surface area contributed by atoms with Gasteiger partial charge in [-0.1, -0.05) is 18.2 Å². The highest BCUT2D eigenvalue weighted by molar-refractivity contribution is 5.77. The van der Waals surface area contributed by atoms with Gasteiger partial charge in [-0.2, -0.15) is 0 Å². The molecule has 0 radical (unpaired) electrons. The first kappa shape index (κ1) is 11.2. The van der Waals surface area contributed by atoms with Crippen LogP contribution in [0.25, 0.3) is 11.0 Å². The van der Waals surface area contributed by atoms with Crippen LogP contribution in [0.3, 0.4) is 0 Å². The van der Waals surface area contributed by atoms with Crippen molar-refractivity contribution < 1.29 is 13.9 Å². The fraction of sp³-hybridized carbons (Fsp3) is 0.125. The zero-order valence-corrected chi connectivity index (χ0v) is 10.8. The Bertz CT molecular complexity index is 730. The van der Waals surface area contributed by atoms with E-state index in [9.17, 15) is 0 Å². The summed E-state index contributed by atoms with van der Waals surface area (Å²) in [5.74, 6) is 2.47. The Morgan fingerprint density at radius 3 is 2.80 bits per heavy atom. The van der Waals surface area contributed by atoms with E-state index in [0.717, 1.165) is 33.9 Å². The Balaban J connectivity index is 1.52. The second-order valence-corrected chi connectivity index (χ2v) is 4.67. The fourth-order valence-electron chi connectivity index (χ4n) is 2.32. The van der Waals surface area contributed by atoms with E-state index in [-0.39, 0.29) is 0 Å². The van der Waals surface area contributed by atoms with Crippen LogP contribution < -0.4 is 14.8 Å². The molecular weight excluding hydrogens is 254 g/mol. The van der Waals surface area contributed by atoms with Crippen LogP contribution in [0.5, 0.6) is 11.5 Å². The van der Waals surface area contributed by atoms with E-state index in [0.29, 0.717) is 13.3 Å². The second kappa shape index (κ2) is 4.49. The lowest BCUT2D eigenvalue weighted by molar-refractivity contribution is 0.174. The minimum absolute atomic E-state index is 0.294. The Morgan fingerprint density at radius 1 is 0.950 bits per heavy atom. The van der Waals surface area contributed by atoms with Gasteiger partial charge >= 0.3 is 0 Å². The van der Waals surface area contributed by atoms with Gasteiger partial charge in [0.05, 0.1) is 6.54 Å². The molecule has 4 nitrogen and oxygen atoms in total. The van der Waals surface area contributed by atoms with Crippen LogP contribution in [0.4, 0.5) is 5.69 Å². The topological polar surface area (TPSA) is 43.6 Å². The van der Waals surface area contributed by atoms with Gasteiger partial charge in [0.2, 0.25) is 6.79 Å². The number of nitrogens with one attached hydrogen (secondary N) is 1. The van der Waals surface area contributed by atoms with Crippen molar-refractivity contribution in [1.82, 2.24) is 0 Å². The summed E-state index contributed by atoms with van der Waals surface area (Å²) >= 11 is 0. The van der Waals surface area contributed by atoms with Crippen LogP contribution >= 0.6 is 0 Å². The smallest absolute Gasteiger partial charge is 0.231 e. The monoisotopic (exact) mass is 267 g/mol. The number of anilines is 1. The third-order valence-corrected chi connectivity index (χ3v) is 3.32. The summed E-state index contributed by atoms with van der Waals surface area (Å²) in [6.45, 7) is 0.927. The predicted octanol–water partition coefficient (Wildman–Crippen LogP) is 3.77. The lowest BCUT2D eigenvalue weighted by Gasteiger charge is -2.05. The standard InChI is InChI=1S/C16H13NO3/c1-2-4-14-11(3-1)7-13(20-14)9-17-12-5-6-15-16(8-12)19-10-18-15/h1-8,17H,9-10H2. The maximum atomic E-state index is 5.76. The molecule has 1 aliphatic rings. The maximum absolute atomic E-state index is 5.76. The van der Waals surface area contributed by atoms with Crippen molar-refractivity contribution >= 4 is 16.7 Å². The molecule has 0 bridgehead atoms. The summed E-state index contributed by atoms with van der Waals surface area (Å²) in [5, 5.41) is 4.44. The van der Waals surface area contributed by atoms with Gasteiger partial charge in [-0.05, 0) is 24.3 Å². The zero-order valence-electron chi connectivity index (χ0n) is 10.8. The molecule has 0 aliphatic carbocycles. The van der Waals surface area contributed by atoms with Crippen LogP contribution in [-0.4, -0.2) is 6.79 Å². The summed E-state index contributed by atoms with van der Waals surface area (Å²) in [5.41, 5.74) is 1.89. The molecule has 0 fully saturated rings. The minimum Gasteiger partial charge on any atom is -0.459 e. The molecule has 0 saturated heterocycles. The predicted molar refractivity (Wildman–Crippen MR) is 76.1 cm³/mol. The molecule has 0 atom stereocenters. The van der Waals surface area contributed by atoms with E-state index >= 15 is 0 Å². The molecule has 1 aromatic heterocycles. The molecule has 4 rings (SSSR count). The lowest BCUT2D eigenvalue weighted by atomic mass is 10.2. The van der Waals surface area contributed by atoms with Crippen LogP contribution in [0.2, 0.25) is 0 Å². The van der Waals surface area contributed by atoms with Crippen molar-refractivity contribution in [2.24, 2.45) is 0 Å². The van der Waals surface area contributed by atoms with Crippen molar-refractivity contribution in [3.8, 4) is 11.5 Å². The van der Waals surface area contributed by atoms with Gasteiger partial charge in [0.1, 0.15) is 11.3 Å². The van der Waals surface area contributed by atoms with Crippen LogP contribution in [-0.2, 0) is 6.54 Å². The van der Waals surface area contributed by atoms with Gasteiger partial charge in [-0.25, -0.2) is 0 Å². The molecule has 4 heteroatoms. The summed E-state index contributed by atoms with van der Waals surface area (Å²) < 4.78 is 16.4. The van der Waals surface area contributed by atoms with E-state index in [4.69, 9.17) is 13.9 Å². The number of para-hydroxylation sites is 1. The molecule has 3 aromatic rings. The Hall–Kier alpha value is -2.62. The van der Waals surface area contributed by atoms with Crippen molar-refractivity contribution in [3.05, 3.63) is 54.3 Å².